The van der Waals surface area contributed by atoms with E-state index in [4.69, 9.17) is 14.8 Å². The maximum absolute atomic E-state index is 11.1. The number of rotatable bonds is 5. The van der Waals surface area contributed by atoms with Crippen LogP contribution in [0.4, 0.5) is 0 Å². The van der Waals surface area contributed by atoms with E-state index in [1.807, 2.05) is 13.8 Å². The third-order valence-corrected chi connectivity index (χ3v) is 5.49. The van der Waals surface area contributed by atoms with Crippen molar-refractivity contribution in [2.75, 3.05) is 19.6 Å². The molecule has 0 radical (unpaired) electrons. The highest BCUT2D eigenvalue weighted by atomic mass is 16.5. The second-order valence-electron chi connectivity index (χ2n) is 7.40. The molecule has 2 aromatic heterocycles. The second kappa shape index (κ2) is 6.81. The summed E-state index contributed by atoms with van der Waals surface area (Å²) >= 11 is 0. The van der Waals surface area contributed by atoms with Gasteiger partial charge in [-0.15, -0.1) is 0 Å². The zero-order valence-electron chi connectivity index (χ0n) is 15.1. The molecule has 0 aliphatic carbocycles. The Hall–Kier alpha value is -2.26. The predicted octanol–water partition coefficient (Wildman–Crippen LogP) is 0.870. The summed E-state index contributed by atoms with van der Waals surface area (Å²) in [4.78, 5) is 20.1. The van der Waals surface area contributed by atoms with E-state index in [9.17, 15) is 4.79 Å². The van der Waals surface area contributed by atoms with Gasteiger partial charge < -0.3 is 14.8 Å². The maximum Gasteiger partial charge on any atom is 0.290 e. The lowest BCUT2D eigenvalue weighted by atomic mass is 9.95. The average Bonchev–Trinajstić information content (AvgIpc) is 3.07. The van der Waals surface area contributed by atoms with Crippen molar-refractivity contribution < 1.29 is 13.8 Å². The van der Waals surface area contributed by atoms with Crippen molar-refractivity contribution >= 4 is 5.91 Å². The number of hydrogen-bond acceptors (Lipinski definition) is 8. The van der Waals surface area contributed by atoms with Crippen molar-refractivity contribution in [2.45, 2.75) is 45.8 Å². The Kier molecular flexibility index (Phi) is 4.49. The Labute approximate surface area is 151 Å². The van der Waals surface area contributed by atoms with Gasteiger partial charge in [0.1, 0.15) is 5.76 Å². The number of nitrogens with two attached hydrogens (primary N) is 1. The highest BCUT2D eigenvalue weighted by molar-refractivity contribution is 5.88. The van der Waals surface area contributed by atoms with Crippen molar-refractivity contribution in [1.82, 2.24) is 25.1 Å². The molecule has 2 bridgehead atoms. The minimum Gasteiger partial charge on any atom is -0.363 e. The lowest BCUT2D eigenvalue weighted by Gasteiger charge is -2.35. The van der Waals surface area contributed by atoms with E-state index in [1.54, 1.807) is 0 Å². The summed E-state index contributed by atoms with van der Waals surface area (Å²) in [5, 5.41) is 7.70. The van der Waals surface area contributed by atoms with E-state index in [2.05, 4.69) is 25.1 Å². The van der Waals surface area contributed by atoms with Crippen molar-refractivity contribution in [1.29, 1.82) is 0 Å². The van der Waals surface area contributed by atoms with Crippen LogP contribution >= 0.6 is 0 Å². The molecule has 0 spiro atoms. The quantitative estimate of drug-likeness (QED) is 0.835. The van der Waals surface area contributed by atoms with Crippen molar-refractivity contribution in [3.05, 3.63) is 28.7 Å². The Morgan fingerprint density at radius 1 is 1.15 bits per heavy atom. The number of aryl methyl sites for hydroxylation is 2. The van der Waals surface area contributed by atoms with Gasteiger partial charge in [0.15, 0.2) is 0 Å². The van der Waals surface area contributed by atoms with Gasteiger partial charge in [-0.1, -0.05) is 10.3 Å². The van der Waals surface area contributed by atoms with E-state index >= 15 is 0 Å². The molecule has 3 fully saturated rings. The third-order valence-electron chi connectivity index (χ3n) is 5.49. The fourth-order valence-corrected chi connectivity index (χ4v) is 4.14. The van der Waals surface area contributed by atoms with Crippen molar-refractivity contribution in [3.63, 3.8) is 0 Å². The molecule has 0 saturated carbocycles. The third kappa shape index (κ3) is 3.36. The summed E-state index contributed by atoms with van der Waals surface area (Å²) in [6, 6.07) is 0.429. The molecule has 5 rings (SSSR count). The average molecular weight is 360 g/mol. The zero-order chi connectivity index (χ0) is 18.3. The van der Waals surface area contributed by atoms with Gasteiger partial charge in [0.05, 0.1) is 12.2 Å². The zero-order valence-corrected chi connectivity index (χ0v) is 15.1. The normalized spacial score (nSPS) is 24.1. The number of amides is 1. The number of fused-ring (bicyclic) bond motifs is 4. The number of hydrogen-bond donors (Lipinski definition) is 1. The number of piperidine rings is 1. The fourth-order valence-electron chi connectivity index (χ4n) is 4.14. The summed E-state index contributed by atoms with van der Waals surface area (Å²) in [6.45, 7) is 8.44. The molecule has 3 aliphatic heterocycles. The predicted molar refractivity (Wildman–Crippen MR) is 91.0 cm³/mol. The van der Waals surface area contributed by atoms with Crippen molar-refractivity contribution in [3.8, 4) is 0 Å². The van der Waals surface area contributed by atoms with Crippen LogP contribution in [-0.2, 0) is 13.1 Å². The van der Waals surface area contributed by atoms with Gasteiger partial charge >= 0.3 is 0 Å². The van der Waals surface area contributed by atoms with Gasteiger partial charge in [-0.2, -0.15) is 4.98 Å². The van der Waals surface area contributed by atoms with Crippen LogP contribution in [0.5, 0.6) is 0 Å². The molecule has 26 heavy (non-hydrogen) atoms. The van der Waals surface area contributed by atoms with E-state index < -0.39 is 5.91 Å². The topological polar surface area (TPSA) is 115 Å². The van der Waals surface area contributed by atoms with Crippen LogP contribution in [0.15, 0.2) is 9.05 Å². The Morgan fingerprint density at radius 2 is 2.00 bits per heavy atom. The van der Waals surface area contributed by atoms with Crippen LogP contribution in [0.2, 0.25) is 0 Å². The van der Waals surface area contributed by atoms with Crippen LogP contribution in [0.25, 0.3) is 0 Å². The minimum absolute atomic E-state index is 0.0555. The largest absolute Gasteiger partial charge is 0.363 e. The molecule has 3 saturated heterocycles. The smallest absolute Gasteiger partial charge is 0.290 e. The number of carbonyl (C=O) groups is 1. The summed E-state index contributed by atoms with van der Waals surface area (Å²) < 4.78 is 10.5. The molecule has 0 unspecified atom stereocenters. The van der Waals surface area contributed by atoms with Gasteiger partial charge in [-0.25, -0.2) is 0 Å². The first kappa shape index (κ1) is 17.2. The molecule has 1 amide bonds. The van der Waals surface area contributed by atoms with E-state index in [0.29, 0.717) is 24.4 Å². The molecule has 0 aromatic carbocycles. The Bertz CT molecular complexity index is 781. The summed E-state index contributed by atoms with van der Waals surface area (Å²) in [6.07, 6.45) is 2.38. The molecule has 2 aromatic rings. The summed E-state index contributed by atoms with van der Waals surface area (Å²) in [7, 11) is 0. The van der Waals surface area contributed by atoms with Gasteiger partial charge in [0.25, 0.3) is 11.7 Å². The van der Waals surface area contributed by atoms with E-state index in [-0.39, 0.29) is 5.82 Å². The molecule has 3 aliphatic rings. The van der Waals surface area contributed by atoms with Gasteiger partial charge in [0.2, 0.25) is 5.89 Å². The highest BCUT2D eigenvalue weighted by Gasteiger charge is 2.36. The summed E-state index contributed by atoms with van der Waals surface area (Å²) in [5.74, 6) is 1.24. The maximum atomic E-state index is 11.1. The lowest BCUT2D eigenvalue weighted by molar-refractivity contribution is 0.0987. The van der Waals surface area contributed by atoms with E-state index in [1.165, 1.54) is 12.0 Å². The first-order valence-electron chi connectivity index (χ1n) is 9.00. The number of primary amides is 1. The first-order chi connectivity index (χ1) is 12.5. The molecular formula is C17H24N6O3. The fraction of sp³-hybridized carbons (Fsp3) is 0.647. The van der Waals surface area contributed by atoms with Crippen LogP contribution in [-0.4, -0.2) is 56.7 Å². The van der Waals surface area contributed by atoms with Gasteiger partial charge in [0, 0.05) is 37.8 Å². The van der Waals surface area contributed by atoms with Crippen LogP contribution in [0, 0.1) is 19.8 Å². The molecule has 140 valence electrons. The Balaban J connectivity index is 1.45. The molecule has 9 heteroatoms. The standard InChI is InChI=1S/C17H24N6O3/c1-10-14(11(2)25-20-10)8-22-5-12-3-4-13(7-22)23(6-12)9-15-19-17(16(18)24)21-26-15/h12-13H,3-9H2,1-2H3,(H2,18,24)/t12-,13+/m1/s1. The number of aromatic nitrogens is 3. The van der Waals surface area contributed by atoms with Crippen LogP contribution in [0.1, 0.15) is 46.4 Å². The van der Waals surface area contributed by atoms with E-state index in [0.717, 1.165) is 44.1 Å². The minimum atomic E-state index is -0.664. The molecule has 9 nitrogen and oxygen atoms in total. The first-order valence-corrected chi connectivity index (χ1v) is 9.00. The molecule has 5 heterocycles. The molecule has 2 atom stereocenters. The highest BCUT2D eigenvalue weighted by Crippen LogP contribution is 2.30. The van der Waals surface area contributed by atoms with Crippen LogP contribution in [0.3, 0.4) is 0 Å². The molecule has 2 N–H and O–H groups in total. The molecular weight excluding hydrogens is 336 g/mol. The monoisotopic (exact) mass is 360 g/mol. The Morgan fingerprint density at radius 3 is 2.69 bits per heavy atom. The van der Waals surface area contributed by atoms with Crippen molar-refractivity contribution in [2.24, 2.45) is 11.7 Å². The van der Waals surface area contributed by atoms with Gasteiger partial charge in [-0.05, 0) is 32.6 Å². The summed E-state index contributed by atoms with van der Waals surface area (Å²) in [5.41, 5.74) is 7.36. The SMILES string of the molecule is Cc1noc(C)c1CN1C[C@H]2CC[C@@H](C1)N(Cc1nc(C(N)=O)no1)C2. The van der Waals surface area contributed by atoms with Gasteiger partial charge in [-0.3, -0.25) is 14.6 Å². The second-order valence-corrected chi connectivity index (χ2v) is 7.40. The number of nitrogens with zero attached hydrogens (tertiary/aromatic N) is 5. The number of carbonyl (C=O) groups excluding carboxylic acids is 1. The van der Waals surface area contributed by atoms with Crippen LogP contribution < -0.4 is 5.73 Å². The lowest BCUT2D eigenvalue weighted by Crippen LogP contribution is -2.43.